The van der Waals surface area contributed by atoms with Crippen molar-refractivity contribution in [1.82, 2.24) is 9.55 Å². The lowest BCUT2D eigenvalue weighted by Crippen LogP contribution is -2.29. The number of anilines is 2. The molecule has 2 unspecified atom stereocenters. The fourth-order valence-electron chi connectivity index (χ4n) is 5.07. The highest BCUT2D eigenvalue weighted by Crippen LogP contribution is 2.46. The predicted molar refractivity (Wildman–Crippen MR) is 126 cm³/mol. The Kier molecular flexibility index (Phi) is 6.28. The Morgan fingerprint density at radius 2 is 1.85 bits per heavy atom. The molecule has 0 saturated heterocycles. The van der Waals surface area contributed by atoms with E-state index in [1.807, 2.05) is 12.1 Å². The maximum absolute atomic E-state index is 12.5. The first-order chi connectivity index (χ1) is 15.4. The van der Waals surface area contributed by atoms with Gasteiger partial charge in [0, 0.05) is 17.8 Å². The van der Waals surface area contributed by atoms with Crippen LogP contribution in [0.25, 0.3) is 11.0 Å². The van der Waals surface area contributed by atoms with E-state index < -0.39 is 6.36 Å². The van der Waals surface area contributed by atoms with Gasteiger partial charge in [-0.25, -0.2) is 4.98 Å². The normalized spacial score (nSPS) is 20.6. The van der Waals surface area contributed by atoms with Crippen LogP contribution in [0.4, 0.5) is 24.8 Å². The Hall–Kier alpha value is -2.42. The molecule has 33 heavy (non-hydrogen) atoms. The first-order valence-electron chi connectivity index (χ1n) is 10.8. The Morgan fingerprint density at radius 3 is 2.45 bits per heavy atom. The lowest BCUT2D eigenvalue weighted by molar-refractivity contribution is -0.274. The molecule has 2 atom stereocenters. The molecule has 5 nitrogen and oxygen atoms in total. The first kappa shape index (κ1) is 23.7. The van der Waals surface area contributed by atoms with E-state index in [-0.39, 0.29) is 17.2 Å². The van der Waals surface area contributed by atoms with Crippen LogP contribution in [0.3, 0.4) is 0 Å². The molecular weight excluding hydrogens is 499 g/mol. The van der Waals surface area contributed by atoms with Gasteiger partial charge in [-0.15, -0.1) is 13.2 Å². The van der Waals surface area contributed by atoms with E-state index in [0.29, 0.717) is 23.3 Å². The van der Waals surface area contributed by atoms with Crippen LogP contribution in [0, 0.1) is 11.3 Å². The molecule has 0 aliphatic heterocycles. The predicted octanol–water partition coefficient (Wildman–Crippen LogP) is 7.84. The highest BCUT2D eigenvalue weighted by Gasteiger charge is 2.35. The molecule has 0 amide bonds. The van der Waals surface area contributed by atoms with Gasteiger partial charge in [-0.2, -0.15) is 0 Å². The van der Waals surface area contributed by atoms with Gasteiger partial charge in [0.1, 0.15) is 11.5 Å². The zero-order valence-corrected chi connectivity index (χ0v) is 20.5. The van der Waals surface area contributed by atoms with Crippen LogP contribution >= 0.6 is 15.9 Å². The molecule has 178 valence electrons. The molecule has 4 rings (SSSR count). The Balaban J connectivity index is 1.75. The number of aromatic nitrogens is 2. The molecule has 9 heteroatoms. The molecule has 3 aromatic rings. The van der Waals surface area contributed by atoms with E-state index in [2.05, 4.69) is 51.3 Å². The van der Waals surface area contributed by atoms with Gasteiger partial charge >= 0.3 is 6.36 Å². The van der Waals surface area contributed by atoms with E-state index in [9.17, 15) is 13.2 Å². The summed E-state index contributed by atoms with van der Waals surface area (Å²) in [6.07, 6.45) is -1.55. The van der Waals surface area contributed by atoms with Crippen LogP contribution in [0.15, 0.2) is 40.9 Å². The van der Waals surface area contributed by atoms with Crippen molar-refractivity contribution in [3.05, 3.63) is 40.9 Å². The molecule has 2 aromatic carbocycles. The third-order valence-electron chi connectivity index (χ3n) is 6.04. The average molecular weight is 526 g/mol. The fourth-order valence-corrected chi connectivity index (χ4v) is 5.57. The molecule has 1 fully saturated rings. The van der Waals surface area contributed by atoms with Crippen LogP contribution in [-0.2, 0) is 0 Å². The number of nitrogens with zero attached hydrogens (tertiary/aromatic N) is 2. The van der Waals surface area contributed by atoms with Crippen molar-refractivity contribution in [2.24, 2.45) is 11.3 Å². The number of methoxy groups -OCH3 is 1. The highest BCUT2D eigenvalue weighted by molar-refractivity contribution is 9.10. The summed E-state index contributed by atoms with van der Waals surface area (Å²) < 4.78 is 50.0. The van der Waals surface area contributed by atoms with Crippen molar-refractivity contribution in [3.63, 3.8) is 0 Å². The number of alkyl halides is 3. The fraction of sp³-hybridized carbons (Fsp3) is 0.458. The molecule has 1 aliphatic carbocycles. The van der Waals surface area contributed by atoms with Crippen molar-refractivity contribution < 1.29 is 22.6 Å². The third-order valence-corrected chi connectivity index (χ3v) is 6.66. The SMILES string of the molecule is COc1cc2c(cc1Br)nc(Nc1ccc(OC(F)(F)F)cc1)n2C1CC(C)CC(C)(C)C1. The lowest BCUT2D eigenvalue weighted by atomic mass is 9.70. The standard InChI is InChI=1S/C24H27BrF3N3O2/c1-14-9-16(13-23(2,3)12-14)31-20-11-21(32-4)18(25)10-19(20)30-22(31)29-15-5-7-17(8-6-15)33-24(26,27)28/h5-8,10-11,14,16H,9,12-13H2,1-4H3,(H,29,30). The van der Waals surface area contributed by atoms with E-state index >= 15 is 0 Å². The molecular formula is C24H27BrF3N3O2. The van der Waals surface area contributed by atoms with Crippen LogP contribution in [0.2, 0.25) is 0 Å². The Labute approximate surface area is 199 Å². The van der Waals surface area contributed by atoms with Crippen LogP contribution in [-0.4, -0.2) is 23.0 Å². The maximum Gasteiger partial charge on any atom is 0.573 e. The van der Waals surface area contributed by atoms with Gasteiger partial charge in [-0.1, -0.05) is 20.8 Å². The smallest absolute Gasteiger partial charge is 0.495 e. The molecule has 1 N–H and O–H groups in total. The number of benzene rings is 2. The third kappa shape index (κ3) is 5.39. The summed E-state index contributed by atoms with van der Waals surface area (Å²) in [6.45, 7) is 6.85. The van der Waals surface area contributed by atoms with Gasteiger partial charge in [0.2, 0.25) is 5.95 Å². The number of nitrogens with one attached hydrogen (secondary N) is 1. The summed E-state index contributed by atoms with van der Waals surface area (Å²) in [4.78, 5) is 4.83. The van der Waals surface area contributed by atoms with Crippen molar-refractivity contribution in [3.8, 4) is 11.5 Å². The Bertz CT molecular complexity index is 1140. The summed E-state index contributed by atoms with van der Waals surface area (Å²) in [5.41, 5.74) is 2.56. The molecule has 1 saturated carbocycles. The minimum atomic E-state index is -4.72. The number of halogens is 4. The molecule has 1 aromatic heterocycles. The molecule has 0 spiro atoms. The topological polar surface area (TPSA) is 48.3 Å². The van der Waals surface area contributed by atoms with Crippen molar-refractivity contribution >= 4 is 38.6 Å². The second kappa shape index (κ2) is 8.74. The quantitative estimate of drug-likeness (QED) is 0.368. The summed E-state index contributed by atoms with van der Waals surface area (Å²) in [5, 5.41) is 3.31. The van der Waals surface area contributed by atoms with Crippen LogP contribution in [0.1, 0.15) is 46.1 Å². The van der Waals surface area contributed by atoms with E-state index in [4.69, 9.17) is 9.72 Å². The number of hydrogen-bond donors (Lipinski definition) is 1. The van der Waals surface area contributed by atoms with E-state index in [0.717, 1.165) is 34.8 Å². The second-order valence-electron chi connectivity index (χ2n) is 9.55. The maximum atomic E-state index is 12.5. The Morgan fingerprint density at radius 1 is 1.15 bits per heavy atom. The molecule has 0 radical (unpaired) electrons. The van der Waals surface area contributed by atoms with E-state index in [1.54, 1.807) is 19.2 Å². The molecule has 1 aliphatic rings. The average Bonchev–Trinajstić information content (AvgIpc) is 3.02. The summed E-state index contributed by atoms with van der Waals surface area (Å²) >= 11 is 3.53. The second-order valence-corrected chi connectivity index (χ2v) is 10.4. The number of ether oxygens (including phenoxy) is 2. The number of rotatable bonds is 5. The van der Waals surface area contributed by atoms with Crippen molar-refractivity contribution in [1.29, 1.82) is 0 Å². The monoisotopic (exact) mass is 525 g/mol. The van der Waals surface area contributed by atoms with Crippen LogP contribution < -0.4 is 14.8 Å². The zero-order chi connectivity index (χ0) is 24.0. The minimum Gasteiger partial charge on any atom is -0.495 e. The van der Waals surface area contributed by atoms with Gasteiger partial charge in [0.05, 0.1) is 22.6 Å². The summed E-state index contributed by atoms with van der Waals surface area (Å²) in [7, 11) is 1.63. The van der Waals surface area contributed by atoms with E-state index in [1.165, 1.54) is 12.1 Å². The van der Waals surface area contributed by atoms with Crippen molar-refractivity contribution in [2.45, 2.75) is 52.4 Å². The first-order valence-corrected chi connectivity index (χ1v) is 11.6. The number of imidazole rings is 1. The van der Waals surface area contributed by atoms with Gasteiger partial charge < -0.3 is 19.4 Å². The van der Waals surface area contributed by atoms with Gasteiger partial charge in [-0.05, 0) is 76.9 Å². The lowest BCUT2D eigenvalue weighted by Gasteiger charge is -2.40. The summed E-state index contributed by atoms with van der Waals surface area (Å²) in [6, 6.07) is 9.79. The largest absolute Gasteiger partial charge is 0.573 e. The van der Waals surface area contributed by atoms with Crippen LogP contribution in [0.5, 0.6) is 11.5 Å². The van der Waals surface area contributed by atoms with Gasteiger partial charge in [0.15, 0.2) is 0 Å². The van der Waals surface area contributed by atoms with Crippen molar-refractivity contribution in [2.75, 3.05) is 12.4 Å². The number of hydrogen-bond acceptors (Lipinski definition) is 4. The zero-order valence-electron chi connectivity index (χ0n) is 19.0. The summed E-state index contributed by atoms with van der Waals surface area (Å²) in [5.74, 6) is 1.65. The molecule has 0 bridgehead atoms. The molecule has 1 heterocycles. The highest BCUT2D eigenvalue weighted by atomic mass is 79.9. The number of fused-ring (bicyclic) bond motifs is 1. The van der Waals surface area contributed by atoms with Gasteiger partial charge in [-0.3, -0.25) is 0 Å². The van der Waals surface area contributed by atoms with Gasteiger partial charge in [0.25, 0.3) is 0 Å². The minimum absolute atomic E-state index is 0.187.